The summed E-state index contributed by atoms with van der Waals surface area (Å²) in [5.74, 6) is -0.906. The molecule has 0 saturated carbocycles. The first kappa shape index (κ1) is 18.7. The Kier molecular flexibility index (Phi) is 6.05. The molecule has 2 N–H and O–H groups in total. The van der Waals surface area contributed by atoms with Crippen molar-refractivity contribution in [3.63, 3.8) is 0 Å². The minimum Gasteiger partial charge on any atom is -0.481 e. The van der Waals surface area contributed by atoms with Crippen LogP contribution in [0.1, 0.15) is 54.9 Å². The first-order chi connectivity index (χ1) is 8.76. The van der Waals surface area contributed by atoms with Gasteiger partial charge in [0.2, 0.25) is 0 Å². The van der Waals surface area contributed by atoms with Crippen LogP contribution in [0.15, 0.2) is 0 Å². The highest BCUT2D eigenvalue weighted by Gasteiger charge is 2.32. The van der Waals surface area contributed by atoms with Crippen LogP contribution in [-0.4, -0.2) is 41.1 Å². The molecule has 5 nitrogen and oxygen atoms in total. The van der Waals surface area contributed by atoms with Gasteiger partial charge in [-0.1, -0.05) is 41.5 Å². The van der Waals surface area contributed by atoms with Gasteiger partial charge in [-0.2, -0.15) is 0 Å². The fraction of sp³-hybridized carbons (Fsp3) is 0.867. The van der Waals surface area contributed by atoms with E-state index in [0.29, 0.717) is 0 Å². The van der Waals surface area contributed by atoms with Gasteiger partial charge in [-0.15, -0.1) is 0 Å². The van der Waals surface area contributed by atoms with Crippen LogP contribution in [0.2, 0.25) is 0 Å². The zero-order valence-electron chi connectivity index (χ0n) is 14.1. The molecule has 0 fully saturated rings. The lowest BCUT2D eigenvalue weighted by molar-refractivity contribution is -0.138. The van der Waals surface area contributed by atoms with Crippen molar-refractivity contribution in [1.82, 2.24) is 10.2 Å². The van der Waals surface area contributed by atoms with Crippen molar-refractivity contribution in [3.8, 4) is 0 Å². The predicted molar refractivity (Wildman–Crippen MR) is 80.7 cm³/mol. The van der Waals surface area contributed by atoms with Crippen molar-refractivity contribution >= 4 is 12.0 Å². The molecular weight excluding hydrogens is 256 g/mol. The number of nitrogens with zero attached hydrogens (tertiary/aromatic N) is 1. The summed E-state index contributed by atoms with van der Waals surface area (Å²) in [6.45, 7) is 14.0. The molecule has 0 rings (SSSR count). The van der Waals surface area contributed by atoms with Crippen LogP contribution >= 0.6 is 0 Å². The molecule has 5 heteroatoms. The average Bonchev–Trinajstić information content (AvgIpc) is 2.22. The third-order valence-corrected chi connectivity index (χ3v) is 3.88. The molecule has 0 bridgehead atoms. The number of aliphatic carboxylic acids is 1. The number of hydrogen-bond acceptors (Lipinski definition) is 2. The van der Waals surface area contributed by atoms with Gasteiger partial charge >= 0.3 is 12.0 Å². The smallest absolute Gasteiger partial charge is 0.317 e. The summed E-state index contributed by atoms with van der Waals surface area (Å²) < 4.78 is 0. The van der Waals surface area contributed by atoms with Crippen molar-refractivity contribution in [2.75, 3.05) is 7.05 Å². The van der Waals surface area contributed by atoms with Crippen molar-refractivity contribution in [2.45, 2.75) is 67.0 Å². The SMILES string of the molecule is CC(N(C)C(=O)NC(CC(=O)O)C(C)(C)C)C(C)(C)C. The number of amides is 2. The summed E-state index contributed by atoms with van der Waals surface area (Å²) in [6.07, 6.45) is -0.0764. The van der Waals surface area contributed by atoms with Gasteiger partial charge < -0.3 is 15.3 Å². The molecule has 0 aromatic rings. The van der Waals surface area contributed by atoms with Crippen LogP contribution in [0.5, 0.6) is 0 Å². The lowest BCUT2D eigenvalue weighted by Gasteiger charge is -2.38. The van der Waals surface area contributed by atoms with Gasteiger partial charge in [0.1, 0.15) is 0 Å². The lowest BCUT2D eigenvalue weighted by atomic mass is 9.84. The molecule has 0 aliphatic carbocycles. The minimum atomic E-state index is -0.906. The van der Waals surface area contributed by atoms with E-state index < -0.39 is 12.0 Å². The van der Waals surface area contributed by atoms with E-state index in [-0.39, 0.29) is 29.3 Å². The van der Waals surface area contributed by atoms with E-state index in [0.717, 1.165) is 0 Å². The third kappa shape index (κ3) is 5.80. The van der Waals surface area contributed by atoms with Crippen LogP contribution in [0, 0.1) is 10.8 Å². The predicted octanol–water partition coefficient (Wildman–Crippen LogP) is 2.95. The Hall–Kier alpha value is -1.26. The number of rotatable bonds is 4. The highest BCUT2D eigenvalue weighted by Crippen LogP contribution is 2.25. The van der Waals surface area contributed by atoms with Gasteiger partial charge in [0.05, 0.1) is 6.42 Å². The molecule has 2 unspecified atom stereocenters. The minimum absolute atomic E-state index is 0.0316. The van der Waals surface area contributed by atoms with Gasteiger partial charge in [0.15, 0.2) is 0 Å². The maximum Gasteiger partial charge on any atom is 0.317 e. The quantitative estimate of drug-likeness (QED) is 0.834. The lowest BCUT2D eigenvalue weighted by Crippen LogP contribution is -2.53. The second-order valence-corrected chi connectivity index (χ2v) is 7.62. The summed E-state index contributed by atoms with van der Waals surface area (Å²) in [6, 6.07) is -0.580. The first-order valence-corrected chi connectivity index (χ1v) is 7.02. The van der Waals surface area contributed by atoms with E-state index >= 15 is 0 Å². The van der Waals surface area contributed by atoms with E-state index in [2.05, 4.69) is 26.1 Å². The summed E-state index contributed by atoms with van der Waals surface area (Å²) in [4.78, 5) is 24.9. The highest BCUT2D eigenvalue weighted by atomic mass is 16.4. The molecule has 0 aromatic carbocycles. The largest absolute Gasteiger partial charge is 0.481 e. The Morgan fingerprint density at radius 1 is 1.10 bits per heavy atom. The number of hydrogen-bond donors (Lipinski definition) is 2. The summed E-state index contributed by atoms with van der Waals surface area (Å²) >= 11 is 0. The van der Waals surface area contributed by atoms with Gasteiger partial charge in [-0.25, -0.2) is 4.79 Å². The molecule has 0 spiro atoms. The summed E-state index contributed by atoms with van der Waals surface area (Å²) in [5.41, 5.74) is -0.337. The van der Waals surface area contributed by atoms with E-state index in [4.69, 9.17) is 5.11 Å². The number of carbonyl (C=O) groups is 2. The molecule has 0 aliphatic rings. The molecule has 0 heterocycles. The van der Waals surface area contributed by atoms with E-state index in [1.54, 1.807) is 11.9 Å². The molecular formula is C15H30N2O3. The average molecular weight is 286 g/mol. The van der Waals surface area contributed by atoms with Crippen molar-refractivity contribution < 1.29 is 14.7 Å². The van der Waals surface area contributed by atoms with Gasteiger partial charge in [-0.05, 0) is 17.8 Å². The van der Waals surface area contributed by atoms with Gasteiger partial charge in [-0.3, -0.25) is 4.79 Å². The Bertz CT molecular complexity index is 353. The Morgan fingerprint density at radius 3 is 1.85 bits per heavy atom. The topological polar surface area (TPSA) is 69.6 Å². The second kappa shape index (κ2) is 6.46. The van der Waals surface area contributed by atoms with Crippen LogP contribution in [0.3, 0.4) is 0 Å². The zero-order chi connectivity index (χ0) is 16.3. The third-order valence-electron chi connectivity index (χ3n) is 3.88. The van der Waals surface area contributed by atoms with Gasteiger partial charge in [0, 0.05) is 19.1 Å². The van der Waals surface area contributed by atoms with Crippen molar-refractivity contribution in [1.29, 1.82) is 0 Å². The van der Waals surface area contributed by atoms with Crippen molar-refractivity contribution in [3.05, 3.63) is 0 Å². The van der Waals surface area contributed by atoms with E-state index in [9.17, 15) is 9.59 Å². The monoisotopic (exact) mass is 286 g/mol. The second-order valence-electron chi connectivity index (χ2n) is 7.62. The molecule has 20 heavy (non-hydrogen) atoms. The number of carboxylic acid groups (broad SMARTS) is 1. The Labute approximate surface area is 122 Å². The molecule has 0 radical (unpaired) electrons. The van der Waals surface area contributed by atoms with Crippen LogP contribution in [-0.2, 0) is 4.79 Å². The maximum absolute atomic E-state index is 12.3. The van der Waals surface area contributed by atoms with Crippen LogP contribution < -0.4 is 5.32 Å². The summed E-state index contributed by atoms with van der Waals surface area (Å²) in [5, 5.41) is 11.8. The number of urea groups is 1. The molecule has 2 atom stereocenters. The zero-order valence-corrected chi connectivity index (χ0v) is 14.1. The molecule has 2 amide bonds. The molecule has 0 aromatic heterocycles. The first-order valence-electron chi connectivity index (χ1n) is 7.02. The fourth-order valence-corrected chi connectivity index (χ4v) is 1.76. The summed E-state index contributed by atoms with van der Waals surface area (Å²) in [7, 11) is 1.74. The van der Waals surface area contributed by atoms with Gasteiger partial charge in [0.25, 0.3) is 0 Å². The maximum atomic E-state index is 12.3. The highest BCUT2D eigenvalue weighted by molar-refractivity contribution is 5.76. The molecule has 118 valence electrons. The van der Waals surface area contributed by atoms with E-state index in [1.165, 1.54) is 0 Å². The fourth-order valence-electron chi connectivity index (χ4n) is 1.76. The molecule has 0 saturated heterocycles. The Morgan fingerprint density at radius 2 is 1.55 bits per heavy atom. The number of carbonyl (C=O) groups excluding carboxylic acids is 1. The van der Waals surface area contributed by atoms with Crippen LogP contribution in [0.25, 0.3) is 0 Å². The number of carboxylic acids is 1. The van der Waals surface area contributed by atoms with E-state index in [1.807, 2.05) is 27.7 Å². The Balaban J connectivity index is 4.89. The standard InChI is InChI=1S/C15H30N2O3/c1-10(14(2,3)4)17(8)13(20)16-11(9-12(18)19)15(5,6)7/h10-11H,9H2,1-8H3,(H,16,20)(H,18,19). The normalized spacial score (nSPS) is 15.4. The molecule has 0 aliphatic heterocycles. The van der Waals surface area contributed by atoms with Crippen LogP contribution in [0.4, 0.5) is 4.79 Å². The van der Waals surface area contributed by atoms with Crippen molar-refractivity contribution in [2.24, 2.45) is 10.8 Å². The number of nitrogens with one attached hydrogen (secondary N) is 1.